The van der Waals surface area contributed by atoms with Crippen LogP contribution in [0.2, 0.25) is 0 Å². The van der Waals surface area contributed by atoms with Gasteiger partial charge in [-0.1, -0.05) is 5.16 Å². The molecule has 0 radical (unpaired) electrons. The number of carbonyl (C=O) groups is 1. The van der Waals surface area contributed by atoms with E-state index in [0.29, 0.717) is 12.6 Å². The van der Waals surface area contributed by atoms with E-state index in [0.717, 1.165) is 42.4 Å². The van der Waals surface area contributed by atoms with Crippen molar-refractivity contribution in [1.82, 2.24) is 15.8 Å². The molecule has 1 saturated carbocycles. The summed E-state index contributed by atoms with van der Waals surface area (Å²) in [4.78, 5) is 12.0. The molecule has 3 rings (SSSR count). The highest BCUT2D eigenvalue weighted by Gasteiger charge is 2.36. The Balaban J connectivity index is 1.45. The molecule has 21 heavy (non-hydrogen) atoms. The first-order chi connectivity index (χ1) is 10.1. The molecule has 1 saturated heterocycles. The van der Waals surface area contributed by atoms with E-state index in [1.54, 1.807) is 0 Å². The summed E-state index contributed by atoms with van der Waals surface area (Å²) in [6.07, 6.45) is 4.71. The van der Waals surface area contributed by atoms with Crippen LogP contribution in [-0.2, 0) is 11.3 Å². The fourth-order valence-corrected chi connectivity index (χ4v) is 2.91. The van der Waals surface area contributed by atoms with Crippen molar-refractivity contribution in [2.45, 2.75) is 58.2 Å². The second-order valence-electron chi connectivity index (χ2n) is 6.10. The van der Waals surface area contributed by atoms with Gasteiger partial charge in [0.15, 0.2) is 0 Å². The van der Waals surface area contributed by atoms with Gasteiger partial charge in [-0.25, -0.2) is 4.79 Å². The lowest BCUT2D eigenvalue weighted by Crippen LogP contribution is -2.46. The molecule has 2 heterocycles. The number of rotatable bonds is 4. The number of carbonyl (C=O) groups excluding carboxylic acids is 1. The number of ether oxygens (including phenoxy) is 1. The van der Waals surface area contributed by atoms with E-state index in [2.05, 4.69) is 15.8 Å². The Labute approximate surface area is 124 Å². The van der Waals surface area contributed by atoms with Crippen LogP contribution in [0.4, 0.5) is 4.79 Å². The maximum atomic E-state index is 12.0. The molecular formula is C15H23N3O3. The Morgan fingerprint density at radius 1 is 1.33 bits per heavy atom. The zero-order valence-electron chi connectivity index (χ0n) is 12.6. The molecule has 2 fully saturated rings. The number of nitrogens with one attached hydrogen (secondary N) is 2. The SMILES string of the molecule is Cc1noc(C)c1CNC(=O)N[C@@H]1CCO[C@@H](C2CC2)C1. The highest BCUT2D eigenvalue weighted by Crippen LogP contribution is 2.38. The van der Waals surface area contributed by atoms with Gasteiger partial charge in [-0.3, -0.25) is 0 Å². The summed E-state index contributed by atoms with van der Waals surface area (Å²) < 4.78 is 10.9. The first-order valence-electron chi connectivity index (χ1n) is 7.71. The lowest BCUT2D eigenvalue weighted by molar-refractivity contribution is -0.00914. The molecule has 6 nitrogen and oxygen atoms in total. The third kappa shape index (κ3) is 3.56. The van der Waals surface area contributed by atoms with Crippen molar-refractivity contribution in [3.63, 3.8) is 0 Å². The van der Waals surface area contributed by atoms with Crippen LogP contribution in [0.5, 0.6) is 0 Å². The molecule has 1 aromatic heterocycles. The van der Waals surface area contributed by atoms with Gasteiger partial charge >= 0.3 is 6.03 Å². The van der Waals surface area contributed by atoms with Crippen molar-refractivity contribution in [2.75, 3.05) is 6.61 Å². The van der Waals surface area contributed by atoms with Crippen molar-refractivity contribution in [3.05, 3.63) is 17.0 Å². The number of hydrogen-bond acceptors (Lipinski definition) is 4. The molecule has 0 spiro atoms. The summed E-state index contributed by atoms with van der Waals surface area (Å²) in [6, 6.07) is 0.0884. The molecule has 0 unspecified atom stereocenters. The predicted octanol–water partition coefficient (Wildman–Crippen LogP) is 2.05. The van der Waals surface area contributed by atoms with Gasteiger partial charge < -0.3 is 19.9 Å². The summed E-state index contributed by atoms with van der Waals surface area (Å²) in [7, 11) is 0. The third-order valence-corrected chi connectivity index (χ3v) is 4.41. The molecule has 2 aliphatic rings. The van der Waals surface area contributed by atoms with E-state index in [-0.39, 0.29) is 12.1 Å². The van der Waals surface area contributed by atoms with E-state index in [9.17, 15) is 4.79 Å². The number of amides is 2. The number of hydrogen-bond donors (Lipinski definition) is 2. The second-order valence-corrected chi connectivity index (χ2v) is 6.10. The third-order valence-electron chi connectivity index (χ3n) is 4.41. The van der Waals surface area contributed by atoms with Crippen molar-refractivity contribution >= 4 is 6.03 Å². The van der Waals surface area contributed by atoms with Gasteiger partial charge in [0.05, 0.1) is 11.8 Å². The van der Waals surface area contributed by atoms with E-state index in [1.165, 1.54) is 12.8 Å². The van der Waals surface area contributed by atoms with Crippen LogP contribution in [0.15, 0.2) is 4.52 Å². The Bertz CT molecular complexity index is 491. The fourth-order valence-electron chi connectivity index (χ4n) is 2.91. The highest BCUT2D eigenvalue weighted by molar-refractivity contribution is 5.74. The van der Waals surface area contributed by atoms with Crippen LogP contribution in [0.1, 0.15) is 42.7 Å². The normalized spacial score (nSPS) is 25.6. The number of aryl methyl sites for hydroxylation is 2. The van der Waals surface area contributed by atoms with Crippen molar-refractivity contribution < 1.29 is 14.1 Å². The highest BCUT2D eigenvalue weighted by atomic mass is 16.5. The summed E-state index contributed by atoms with van der Waals surface area (Å²) >= 11 is 0. The minimum Gasteiger partial charge on any atom is -0.378 e. The van der Waals surface area contributed by atoms with Crippen LogP contribution in [0.3, 0.4) is 0 Å². The molecule has 1 aliphatic heterocycles. The molecule has 2 amide bonds. The van der Waals surface area contributed by atoms with Crippen molar-refractivity contribution in [1.29, 1.82) is 0 Å². The Morgan fingerprint density at radius 2 is 2.14 bits per heavy atom. The van der Waals surface area contributed by atoms with Gasteiger partial charge in [0, 0.05) is 24.8 Å². The molecule has 2 atom stereocenters. The average molecular weight is 293 g/mol. The Morgan fingerprint density at radius 3 is 2.81 bits per heavy atom. The van der Waals surface area contributed by atoms with Crippen LogP contribution < -0.4 is 10.6 Å². The quantitative estimate of drug-likeness (QED) is 0.890. The smallest absolute Gasteiger partial charge is 0.315 e. The molecule has 0 aromatic carbocycles. The first-order valence-corrected chi connectivity index (χ1v) is 7.71. The maximum absolute atomic E-state index is 12.0. The summed E-state index contributed by atoms with van der Waals surface area (Å²) in [5.74, 6) is 1.48. The second kappa shape index (κ2) is 6.05. The van der Waals surface area contributed by atoms with Gasteiger partial charge in [-0.05, 0) is 45.4 Å². The molecule has 116 valence electrons. The van der Waals surface area contributed by atoms with E-state index < -0.39 is 0 Å². The van der Waals surface area contributed by atoms with Crippen LogP contribution in [0, 0.1) is 19.8 Å². The molecule has 1 aliphatic carbocycles. The van der Waals surface area contributed by atoms with Gasteiger partial charge in [0.1, 0.15) is 5.76 Å². The van der Waals surface area contributed by atoms with Crippen LogP contribution >= 0.6 is 0 Å². The minimum absolute atomic E-state index is 0.128. The molecule has 2 N–H and O–H groups in total. The van der Waals surface area contributed by atoms with E-state index in [1.807, 2.05) is 13.8 Å². The fraction of sp³-hybridized carbons (Fsp3) is 0.733. The van der Waals surface area contributed by atoms with Crippen molar-refractivity contribution in [3.8, 4) is 0 Å². The summed E-state index contributed by atoms with van der Waals surface area (Å²) in [6.45, 7) is 4.93. The van der Waals surface area contributed by atoms with Gasteiger partial charge in [-0.15, -0.1) is 0 Å². The standard InChI is InChI=1S/C15H23N3O3/c1-9-13(10(2)21-18-9)8-16-15(19)17-12-5-6-20-14(7-12)11-3-4-11/h11-12,14H,3-8H2,1-2H3,(H2,16,17,19)/t12-,14-/m1/s1. The summed E-state index contributed by atoms with van der Waals surface area (Å²) in [5.41, 5.74) is 1.78. The lowest BCUT2D eigenvalue weighted by Gasteiger charge is -2.30. The zero-order valence-corrected chi connectivity index (χ0v) is 12.6. The largest absolute Gasteiger partial charge is 0.378 e. The topological polar surface area (TPSA) is 76.4 Å². The van der Waals surface area contributed by atoms with Crippen LogP contribution in [-0.4, -0.2) is 29.9 Å². The molecule has 0 bridgehead atoms. The lowest BCUT2D eigenvalue weighted by atomic mass is 10.0. The number of nitrogens with zero attached hydrogens (tertiary/aromatic N) is 1. The molecular weight excluding hydrogens is 270 g/mol. The summed E-state index contributed by atoms with van der Waals surface area (Å²) in [5, 5.41) is 9.82. The number of urea groups is 1. The van der Waals surface area contributed by atoms with Gasteiger partial charge in [-0.2, -0.15) is 0 Å². The van der Waals surface area contributed by atoms with E-state index >= 15 is 0 Å². The average Bonchev–Trinajstić information content (AvgIpc) is 3.25. The van der Waals surface area contributed by atoms with Crippen LogP contribution in [0.25, 0.3) is 0 Å². The van der Waals surface area contributed by atoms with Crippen molar-refractivity contribution in [2.24, 2.45) is 5.92 Å². The van der Waals surface area contributed by atoms with E-state index in [4.69, 9.17) is 9.26 Å². The first kappa shape index (κ1) is 14.4. The molecule has 6 heteroatoms. The van der Waals surface area contributed by atoms with Gasteiger partial charge in [0.2, 0.25) is 0 Å². The monoisotopic (exact) mass is 293 g/mol. The van der Waals surface area contributed by atoms with Gasteiger partial charge in [0.25, 0.3) is 0 Å². The maximum Gasteiger partial charge on any atom is 0.315 e. The Kier molecular flexibility index (Phi) is 4.14. The molecule has 1 aromatic rings. The Hall–Kier alpha value is -1.56. The zero-order chi connectivity index (χ0) is 14.8. The predicted molar refractivity (Wildman–Crippen MR) is 76.8 cm³/mol. The number of aromatic nitrogens is 1. The minimum atomic E-state index is -0.128.